The lowest BCUT2D eigenvalue weighted by Gasteiger charge is -2.22. The summed E-state index contributed by atoms with van der Waals surface area (Å²) < 4.78 is 2.05. The molecule has 2 atom stereocenters. The van der Waals surface area contributed by atoms with Crippen LogP contribution in [-0.4, -0.2) is 27.6 Å². The Hall–Kier alpha value is -2.30. The number of carbonyl (C=O) groups is 2. The number of benzene rings is 1. The van der Waals surface area contributed by atoms with Gasteiger partial charge < -0.3 is 15.0 Å². The molecule has 1 aromatic heterocycles. The zero-order valence-corrected chi connectivity index (χ0v) is 14.0. The molecule has 1 aliphatic carbocycles. The molecule has 0 spiro atoms. The first-order valence-electron chi connectivity index (χ1n) is 8.73. The maximum atomic E-state index is 12.8. The van der Waals surface area contributed by atoms with Crippen molar-refractivity contribution in [1.29, 1.82) is 0 Å². The molecule has 0 bridgehead atoms. The zero-order chi connectivity index (χ0) is 17.1. The number of fused-ring (bicyclic) bond motifs is 1. The number of hydrogen-bond acceptors (Lipinski definition) is 2. The van der Waals surface area contributed by atoms with Crippen LogP contribution >= 0.6 is 0 Å². The van der Waals surface area contributed by atoms with Crippen molar-refractivity contribution in [1.82, 2.24) is 9.88 Å². The summed E-state index contributed by atoms with van der Waals surface area (Å²) in [6, 6.07) is 7.54. The van der Waals surface area contributed by atoms with E-state index in [1.165, 1.54) is 0 Å². The third kappa shape index (κ3) is 3.16. The molecule has 1 heterocycles. The quantitative estimate of drug-likeness (QED) is 0.845. The number of aromatic nitrogens is 1. The van der Waals surface area contributed by atoms with Crippen LogP contribution in [0.5, 0.6) is 0 Å². The van der Waals surface area contributed by atoms with Gasteiger partial charge in [-0.25, -0.2) is 0 Å². The molecule has 0 aliphatic heterocycles. The Morgan fingerprint density at radius 2 is 1.96 bits per heavy atom. The largest absolute Gasteiger partial charge is 0.481 e. The molecule has 24 heavy (non-hydrogen) atoms. The van der Waals surface area contributed by atoms with Crippen molar-refractivity contribution >= 4 is 22.8 Å². The maximum absolute atomic E-state index is 12.8. The molecule has 1 amide bonds. The number of aliphatic carboxylic acids is 1. The van der Waals surface area contributed by atoms with Crippen LogP contribution < -0.4 is 5.32 Å². The Morgan fingerprint density at radius 1 is 1.21 bits per heavy atom. The molecular weight excluding hydrogens is 304 g/mol. The van der Waals surface area contributed by atoms with Crippen molar-refractivity contribution in [2.75, 3.05) is 0 Å². The minimum Gasteiger partial charge on any atom is -0.481 e. The van der Waals surface area contributed by atoms with Gasteiger partial charge in [0.1, 0.15) is 0 Å². The minimum absolute atomic E-state index is 0.170. The molecule has 2 aromatic rings. The fraction of sp³-hybridized carbons (Fsp3) is 0.474. The number of carbonyl (C=O) groups excluding carboxylic acids is 1. The third-order valence-corrected chi connectivity index (χ3v) is 5.02. The van der Waals surface area contributed by atoms with Gasteiger partial charge >= 0.3 is 5.97 Å². The lowest BCUT2D eigenvalue weighted by molar-refractivity contribution is -0.142. The van der Waals surface area contributed by atoms with Gasteiger partial charge in [-0.05, 0) is 25.8 Å². The van der Waals surface area contributed by atoms with Gasteiger partial charge in [0.2, 0.25) is 0 Å². The number of aryl methyl sites for hydroxylation is 1. The van der Waals surface area contributed by atoms with E-state index in [1.807, 2.05) is 42.0 Å². The van der Waals surface area contributed by atoms with E-state index < -0.39 is 11.9 Å². The van der Waals surface area contributed by atoms with Gasteiger partial charge in [-0.1, -0.05) is 37.5 Å². The van der Waals surface area contributed by atoms with Crippen molar-refractivity contribution in [3.8, 4) is 0 Å². The van der Waals surface area contributed by atoms with E-state index >= 15 is 0 Å². The Kier molecular flexibility index (Phi) is 4.88. The molecule has 0 unspecified atom stereocenters. The van der Waals surface area contributed by atoms with Gasteiger partial charge in [-0.3, -0.25) is 9.59 Å². The number of nitrogens with zero attached hydrogens (tertiary/aromatic N) is 1. The van der Waals surface area contributed by atoms with E-state index in [1.54, 1.807) is 0 Å². The van der Waals surface area contributed by atoms with E-state index in [0.717, 1.165) is 43.1 Å². The summed E-state index contributed by atoms with van der Waals surface area (Å²) in [5, 5.41) is 13.4. The summed E-state index contributed by atoms with van der Waals surface area (Å²) in [6.45, 7) is 2.83. The smallest absolute Gasteiger partial charge is 0.308 e. The van der Waals surface area contributed by atoms with Crippen molar-refractivity contribution in [3.05, 3.63) is 36.0 Å². The average Bonchev–Trinajstić information content (AvgIpc) is 2.79. The third-order valence-electron chi connectivity index (χ3n) is 5.02. The highest BCUT2D eigenvalue weighted by atomic mass is 16.4. The number of hydrogen-bond donors (Lipinski definition) is 2. The SMILES string of the molecule is CCn1cc(C(=O)N[C@H]2CCCCC[C@H]2C(=O)O)c2ccccc21. The fourth-order valence-corrected chi connectivity index (χ4v) is 3.71. The van der Waals surface area contributed by atoms with Crippen molar-refractivity contribution < 1.29 is 14.7 Å². The van der Waals surface area contributed by atoms with E-state index in [-0.39, 0.29) is 11.9 Å². The second-order valence-electron chi connectivity index (χ2n) is 6.51. The Morgan fingerprint density at radius 3 is 2.71 bits per heavy atom. The van der Waals surface area contributed by atoms with Crippen LogP contribution in [0.4, 0.5) is 0 Å². The molecule has 5 nitrogen and oxygen atoms in total. The predicted octanol–water partition coefficient (Wildman–Crippen LogP) is 3.42. The van der Waals surface area contributed by atoms with E-state index in [4.69, 9.17) is 0 Å². The molecule has 128 valence electrons. The van der Waals surface area contributed by atoms with Crippen molar-refractivity contribution in [3.63, 3.8) is 0 Å². The van der Waals surface area contributed by atoms with E-state index in [9.17, 15) is 14.7 Å². The monoisotopic (exact) mass is 328 g/mol. The fourth-order valence-electron chi connectivity index (χ4n) is 3.71. The topological polar surface area (TPSA) is 71.3 Å². The van der Waals surface area contributed by atoms with Gasteiger partial charge in [0.15, 0.2) is 0 Å². The number of carboxylic acids is 1. The molecule has 1 saturated carbocycles. The van der Waals surface area contributed by atoms with Gasteiger partial charge in [0.05, 0.1) is 11.5 Å². The first-order chi connectivity index (χ1) is 11.6. The standard InChI is InChI=1S/C19H24N2O3/c1-2-21-12-15(13-8-6-7-11-17(13)21)18(22)20-16-10-5-3-4-9-14(16)19(23)24/h6-8,11-12,14,16H,2-5,9-10H2,1H3,(H,20,22)(H,23,24)/t14-,16+/m1/s1. The highest BCUT2D eigenvalue weighted by Gasteiger charge is 2.31. The number of para-hydroxylation sites is 1. The average molecular weight is 328 g/mol. The lowest BCUT2D eigenvalue weighted by atomic mass is 9.94. The summed E-state index contributed by atoms with van der Waals surface area (Å²) in [6.07, 6.45) is 6.15. The Balaban J connectivity index is 1.87. The highest BCUT2D eigenvalue weighted by Crippen LogP contribution is 2.26. The molecule has 3 rings (SSSR count). The molecule has 0 saturated heterocycles. The minimum atomic E-state index is -0.807. The van der Waals surface area contributed by atoms with Gasteiger partial charge in [0.25, 0.3) is 5.91 Å². The molecule has 1 aromatic carbocycles. The number of carboxylic acid groups (broad SMARTS) is 1. The van der Waals surface area contributed by atoms with Crippen LogP contribution in [-0.2, 0) is 11.3 Å². The van der Waals surface area contributed by atoms with E-state index in [2.05, 4.69) is 5.32 Å². The summed E-state index contributed by atoms with van der Waals surface area (Å²) >= 11 is 0. The maximum Gasteiger partial charge on any atom is 0.308 e. The summed E-state index contributed by atoms with van der Waals surface area (Å²) in [5.41, 5.74) is 1.65. The van der Waals surface area contributed by atoms with Crippen molar-refractivity contribution in [2.24, 2.45) is 5.92 Å². The highest BCUT2D eigenvalue weighted by molar-refractivity contribution is 6.07. The molecule has 5 heteroatoms. The molecule has 1 aliphatic rings. The second kappa shape index (κ2) is 7.07. The Bertz CT molecular complexity index is 750. The van der Waals surface area contributed by atoms with Crippen LogP contribution in [0.1, 0.15) is 49.4 Å². The van der Waals surface area contributed by atoms with Crippen LogP contribution in [0, 0.1) is 5.92 Å². The van der Waals surface area contributed by atoms with Crippen LogP contribution in [0.25, 0.3) is 10.9 Å². The predicted molar refractivity (Wildman–Crippen MR) is 93.1 cm³/mol. The molecule has 2 N–H and O–H groups in total. The summed E-state index contributed by atoms with van der Waals surface area (Å²) in [5.74, 6) is -1.47. The van der Waals surface area contributed by atoms with Gasteiger partial charge in [-0.15, -0.1) is 0 Å². The number of rotatable bonds is 4. The Labute approximate surface area is 141 Å². The van der Waals surface area contributed by atoms with Crippen LogP contribution in [0.2, 0.25) is 0 Å². The zero-order valence-electron chi connectivity index (χ0n) is 14.0. The van der Waals surface area contributed by atoms with E-state index in [0.29, 0.717) is 12.0 Å². The molecule has 0 radical (unpaired) electrons. The number of nitrogens with one attached hydrogen (secondary N) is 1. The second-order valence-corrected chi connectivity index (χ2v) is 6.51. The van der Waals surface area contributed by atoms with Gasteiger partial charge in [-0.2, -0.15) is 0 Å². The van der Waals surface area contributed by atoms with Crippen LogP contribution in [0.15, 0.2) is 30.5 Å². The molecular formula is C19H24N2O3. The normalized spacial score (nSPS) is 21.4. The van der Waals surface area contributed by atoms with Gasteiger partial charge in [0, 0.05) is 29.7 Å². The first-order valence-corrected chi connectivity index (χ1v) is 8.73. The summed E-state index contributed by atoms with van der Waals surface area (Å²) in [4.78, 5) is 24.4. The summed E-state index contributed by atoms with van der Waals surface area (Å²) in [7, 11) is 0. The lowest BCUT2D eigenvalue weighted by Crippen LogP contribution is -2.42. The van der Waals surface area contributed by atoms with Crippen molar-refractivity contribution in [2.45, 2.75) is 51.6 Å². The molecule has 1 fully saturated rings. The number of amides is 1. The van der Waals surface area contributed by atoms with Crippen LogP contribution in [0.3, 0.4) is 0 Å². The first kappa shape index (κ1) is 16.6.